The van der Waals surface area contributed by atoms with Crippen molar-refractivity contribution in [1.82, 2.24) is 9.13 Å². The summed E-state index contributed by atoms with van der Waals surface area (Å²) in [7, 11) is 0. The summed E-state index contributed by atoms with van der Waals surface area (Å²) < 4.78 is 314. The highest BCUT2D eigenvalue weighted by Crippen LogP contribution is 2.52. The van der Waals surface area contributed by atoms with Crippen molar-refractivity contribution in [2.45, 2.75) is 57.1 Å². The first-order valence-electron chi connectivity index (χ1n) is 27.6. The highest BCUT2D eigenvalue weighted by atomic mass is 19.4. The van der Waals surface area contributed by atoms with Gasteiger partial charge >= 0.3 is 43.2 Å². The van der Waals surface area contributed by atoms with Crippen molar-refractivity contribution in [3.63, 3.8) is 0 Å². The molecule has 478 valence electrons. The molecule has 0 saturated heterocycles. The normalized spacial score (nSPS) is 13.0. The van der Waals surface area contributed by atoms with Crippen molar-refractivity contribution >= 4 is 49.3 Å². The molecule has 0 aliphatic rings. The van der Waals surface area contributed by atoms with Gasteiger partial charge in [0.1, 0.15) is 5.56 Å². The molecule has 0 spiro atoms. The first-order chi connectivity index (χ1) is 43.8. The largest absolute Gasteiger partial charge is 0.420 e. The first-order valence-corrected chi connectivity index (χ1v) is 27.6. The van der Waals surface area contributed by atoms with E-state index in [0.717, 1.165) is 74.9 Å². The van der Waals surface area contributed by atoms with Crippen LogP contribution in [-0.4, -0.2) is 9.13 Å². The highest BCUT2D eigenvalue weighted by Gasteiger charge is 2.44. The third-order valence-electron chi connectivity index (χ3n) is 16.3. The van der Waals surface area contributed by atoms with Gasteiger partial charge in [-0.15, -0.1) is 0 Å². The Labute approximate surface area is 516 Å². The monoisotopic (exact) mass is 1320 g/mol. The van der Waals surface area contributed by atoms with Gasteiger partial charge in [-0.25, -0.2) is 4.85 Å². The average Bonchev–Trinajstić information content (AvgIpc) is 1.50. The van der Waals surface area contributed by atoms with Crippen LogP contribution in [-0.2, 0) is 43.2 Å². The Morgan fingerprint density at radius 1 is 0.309 bits per heavy atom. The molecule has 0 bridgehead atoms. The average molecular weight is 1320 g/mol. The summed E-state index contributed by atoms with van der Waals surface area (Å²) in [5.74, 6) is 0. The minimum absolute atomic E-state index is 0.0319. The molecular formula is C70H36F21N3. The lowest BCUT2D eigenvalue weighted by atomic mass is 9.94. The fraction of sp³-hybridized carbons (Fsp3) is 0.129. The lowest BCUT2D eigenvalue weighted by Gasteiger charge is -2.24. The van der Waals surface area contributed by atoms with Gasteiger partial charge < -0.3 is 9.13 Å². The van der Waals surface area contributed by atoms with Gasteiger partial charge in [0.25, 0.3) is 0 Å². The van der Waals surface area contributed by atoms with E-state index >= 15 is 13.2 Å². The van der Waals surface area contributed by atoms with Crippen LogP contribution in [0.2, 0.25) is 0 Å². The number of benzene rings is 10. The number of rotatable bonds is 7. The molecule has 12 aromatic rings. The van der Waals surface area contributed by atoms with Gasteiger partial charge in [0, 0.05) is 27.1 Å². The van der Waals surface area contributed by atoms with Crippen molar-refractivity contribution < 1.29 is 92.2 Å². The van der Waals surface area contributed by atoms with Gasteiger partial charge in [-0.3, -0.25) is 0 Å². The predicted molar refractivity (Wildman–Crippen MR) is 313 cm³/mol. The Morgan fingerprint density at radius 3 is 1.01 bits per heavy atom. The third kappa shape index (κ3) is 11.4. The quantitative estimate of drug-likeness (QED) is 0.112. The molecular weight excluding hydrogens is 1280 g/mol. The molecule has 0 saturated carbocycles. The van der Waals surface area contributed by atoms with E-state index in [2.05, 4.69) is 4.85 Å². The molecule has 24 heteroatoms. The Bertz CT molecular complexity index is 5000. The van der Waals surface area contributed by atoms with E-state index in [9.17, 15) is 79.0 Å². The number of hydrogen-bond donors (Lipinski definition) is 0. The zero-order chi connectivity index (χ0) is 67.9. The Morgan fingerprint density at radius 2 is 0.660 bits per heavy atom. The standard InChI is InChI=1S/C70H36F21N3/c1-34-7-15-45(35(2)25-34)37-8-20-57-50(27-37)51-28-38(46-16-12-41(64(71,72)73)31-54(46)67(80,81)82)9-21-58(51)93(57)61-24-19-49(36-5-4-6-44(26-36)92-3)63(62(61)70(89,90)91)94-59-22-10-39(47-17-13-42(65(74,75)76)32-55(47)68(83,84)85)29-52(59)53-30-40(11-23-60(53)94)48-18-14-43(66(77,78)79)33-56(48)69(86,87)88/h4-33H,1-2H3. The van der Waals surface area contributed by atoms with Crippen molar-refractivity contribution in [3.8, 4) is 67.0 Å². The fourth-order valence-electron chi connectivity index (χ4n) is 12.2. The van der Waals surface area contributed by atoms with Crippen LogP contribution in [0, 0.1) is 20.4 Å². The van der Waals surface area contributed by atoms with E-state index in [-0.39, 0.29) is 84.2 Å². The maximum absolute atomic E-state index is 17.3. The lowest BCUT2D eigenvalue weighted by Crippen LogP contribution is -2.17. The van der Waals surface area contributed by atoms with Gasteiger partial charge in [-0.1, -0.05) is 90.5 Å². The van der Waals surface area contributed by atoms with E-state index in [1.807, 2.05) is 13.0 Å². The minimum atomic E-state index is -5.59. The van der Waals surface area contributed by atoms with Gasteiger partial charge in [-0.05, 0) is 167 Å². The van der Waals surface area contributed by atoms with Crippen LogP contribution >= 0.6 is 0 Å². The molecule has 12 rings (SSSR count). The number of halogens is 21. The molecule has 0 amide bonds. The summed E-state index contributed by atoms with van der Waals surface area (Å²) in [5.41, 5.74) is -16.4. The van der Waals surface area contributed by atoms with Gasteiger partial charge in [-0.2, -0.15) is 92.2 Å². The zero-order valence-electron chi connectivity index (χ0n) is 47.6. The summed E-state index contributed by atoms with van der Waals surface area (Å²) in [4.78, 5) is 3.43. The second-order valence-corrected chi connectivity index (χ2v) is 22.2. The van der Waals surface area contributed by atoms with Crippen LogP contribution in [0.25, 0.3) is 115 Å². The van der Waals surface area contributed by atoms with E-state index in [1.165, 1.54) is 42.5 Å². The fourth-order valence-corrected chi connectivity index (χ4v) is 12.2. The highest BCUT2D eigenvalue weighted by molar-refractivity contribution is 6.14. The lowest BCUT2D eigenvalue weighted by molar-refractivity contribution is -0.144. The molecule has 10 aromatic carbocycles. The van der Waals surface area contributed by atoms with E-state index in [4.69, 9.17) is 6.57 Å². The molecule has 3 nitrogen and oxygen atoms in total. The molecule has 0 aliphatic heterocycles. The third-order valence-corrected chi connectivity index (χ3v) is 16.3. The first kappa shape index (κ1) is 63.9. The number of hydrogen-bond acceptors (Lipinski definition) is 0. The van der Waals surface area contributed by atoms with Crippen LogP contribution in [0.5, 0.6) is 0 Å². The number of fused-ring (bicyclic) bond motifs is 6. The Balaban J connectivity index is 1.22. The number of aromatic nitrogens is 2. The van der Waals surface area contributed by atoms with E-state index in [1.54, 1.807) is 31.2 Å². The number of nitrogens with zero attached hydrogens (tertiary/aromatic N) is 3. The van der Waals surface area contributed by atoms with Gasteiger partial charge in [0.05, 0.1) is 73.4 Å². The van der Waals surface area contributed by atoms with Crippen LogP contribution < -0.4 is 0 Å². The summed E-state index contributed by atoms with van der Waals surface area (Å²) in [6.45, 7) is 11.4. The van der Waals surface area contributed by atoms with Gasteiger partial charge in [0.15, 0.2) is 5.69 Å². The van der Waals surface area contributed by atoms with Crippen molar-refractivity contribution in [2.24, 2.45) is 0 Å². The van der Waals surface area contributed by atoms with Crippen LogP contribution in [0.4, 0.5) is 97.9 Å². The topological polar surface area (TPSA) is 14.2 Å². The molecule has 94 heavy (non-hydrogen) atoms. The number of alkyl halides is 21. The number of aryl methyl sites for hydroxylation is 2. The van der Waals surface area contributed by atoms with Crippen LogP contribution in [0.15, 0.2) is 182 Å². The molecule has 0 radical (unpaired) electrons. The SMILES string of the molecule is [C-]#[N+]c1cccc(-c2ccc(-n3c4ccc(-c5ccc(C)cc5C)cc4c4cc(-c5ccc(C(F)(F)F)cc5C(F)(F)F)ccc43)c(C(F)(F)F)c2-n2c3ccc(-c4ccc(C(F)(F)F)cc4C(F)(F)F)cc3c3cc(-c4ccc(C(F)(F)F)cc4C(F)(F)F)ccc32)c1. The minimum Gasteiger partial charge on any atom is -0.309 e. The maximum Gasteiger partial charge on any atom is 0.420 e. The predicted octanol–water partition coefficient (Wildman–Crippen LogP) is 24.5. The molecule has 2 aromatic heterocycles. The van der Waals surface area contributed by atoms with E-state index in [0.29, 0.717) is 47.5 Å². The summed E-state index contributed by atoms with van der Waals surface area (Å²) >= 11 is 0. The summed E-state index contributed by atoms with van der Waals surface area (Å²) in [6, 6.07) is 28.6. The molecule has 2 heterocycles. The second-order valence-electron chi connectivity index (χ2n) is 22.2. The van der Waals surface area contributed by atoms with Crippen LogP contribution in [0.3, 0.4) is 0 Å². The molecule has 0 unspecified atom stereocenters. The zero-order valence-corrected chi connectivity index (χ0v) is 47.6. The van der Waals surface area contributed by atoms with Crippen molar-refractivity contribution in [2.75, 3.05) is 0 Å². The van der Waals surface area contributed by atoms with E-state index < -0.39 is 121 Å². The van der Waals surface area contributed by atoms with Crippen LogP contribution in [0.1, 0.15) is 50.1 Å². The Kier molecular flexibility index (Phi) is 15.0. The van der Waals surface area contributed by atoms with Crippen molar-refractivity contribution in [1.29, 1.82) is 0 Å². The summed E-state index contributed by atoms with van der Waals surface area (Å²) in [5, 5.41) is -0.673. The van der Waals surface area contributed by atoms with Gasteiger partial charge in [0.2, 0.25) is 0 Å². The second kappa shape index (κ2) is 22.0. The molecule has 0 fully saturated rings. The van der Waals surface area contributed by atoms with Crippen molar-refractivity contribution in [3.05, 3.63) is 243 Å². The maximum atomic E-state index is 17.3. The summed E-state index contributed by atoms with van der Waals surface area (Å²) in [6.07, 6.45) is -37.8. The smallest absolute Gasteiger partial charge is 0.309 e. The molecule has 0 atom stereocenters. The molecule has 0 aliphatic carbocycles. The molecule has 0 N–H and O–H groups in total. The Hall–Kier alpha value is -10.2.